The maximum atomic E-state index is 13.1. The number of aromatic amines is 2. The smallest absolute Gasteiger partial charge is 0.319 e. The van der Waals surface area contributed by atoms with Gasteiger partial charge in [-0.05, 0) is 66.9 Å². The van der Waals surface area contributed by atoms with E-state index < -0.39 is 0 Å². The number of hydrogen-bond acceptors (Lipinski definition) is 3. The van der Waals surface area contributed by atoms with Crippen LogP contribution in [-0.4, -0.2) is 28.6 Å². The van der Waals surface area contributed by atoms with Crippen LogP contribution in [0.25, 0.3) is 27.5 Å². The Balaban J connectivity index is 1.05. The summed E-state index contributed by atoms with van der Waals surface area (Å²) in [5.74, 6) is 0.716. The molecule has 244 valence electrons. The summed E-state index contributed by atoms with van der Waals surface area (Å²) in [5, 5.41) is 14.9. The number of carbonyl (C=O) groups is 2. The highest BCUT2D eigenvalue weighted by Gasteiger charge is 2.30. The average molecular weight is 684 g/mol. The van der Waals surface area contributed by atoms with Crippen LogP contribution in [0, 0.1) is 6.92 Å². The molecule has 0 radical (unpaired) electrons. The van der Waals surface area contributed by atoms with Crippen molar-refractivity contribution in [2.45, 2.75) is 38.8 Å². The number of pyridine rings is 1. The van der Waals surface area contributed by atoms with Crippen molar-refractivity contribution in [3.63, 3.8) is 0 Å². The number of aryl methyl sites for hydroxylation is 1. The number of urea groups is 2. The minimum Gasteiger partial charge on any atom is -0.487 e. The first-order chi connectivity index (χ1) is 23.2. The second-order valence-corrected chi connectivity index (χ2v) is 12.7. The number of rotatable bonds is 7. The lowest BCUT2D eigenvalue weighted by atomic mass is 9.97. The van der Waals surface area contributed by atoms with Gasteiger partial charge in [-0.15, -0.1) is 0 Å². The van der Waals surface area contributed by atoms with Crippen molar-refractivity contribution in [2.75, 3.05) is 17.2 Å². The molecule has 6 aromatic rings. The Hall–Kier alpha value is -5.19. The summed E-state index contributed by atoms with van der Waals surface area (Å²) in [5.41, 5.74) is 6.65. The largest absolute Gasteiger partial charge is 0.487 e. The van der Waals surface area contributed by atoms with Crippen LogP contribution in [0.5, 0.6) is 5.75 Å². The monoisotopic (exact) mass is 682 g/mol. The predicted molar refractivity (Wildman–Crippen MR) is 190 cm³/mol. The van der Waals surface area contributed by atoms with Gasteiger partial charge < -0.3 is 36.0 Å². The van der Waals surface area contributed by atoms with E-state index in [9.17, 15) is 9.59 Å². The van der Waals surface area contributed by atoms with Crippen molar-refractivity contribution in [1.82, 2.24) is 20.6 Å². The highest BCUT2D eigenvalue weighted by Crippen LogP contribution is 2.37. The number of benzene rings is 3. The van der Waals surface area contributed by atoms with Crippen LogP contribution in [0.15, 0.2) is 85.5 Å². The molecular formula is C36H34Cl2N7O3+. The van der Waals surface area contributed by atoms with Crippen molar-refractivity contribution < 1.29 is 18.9 Å². The third kappa shape index (κ3) is 6.36. The van der Waals surface area contributed by atoms with Crippen LogP contribution < -0.4 is 30.6 Å². The van der Waals surface area contributed by atoms with E-state index in [1.807, 2.05) is 79.6 Å². The Morgan fingerprint density at radius 3 is 2.15 bits per heavy atom. The Labute approximate surface area is 286 Å². The minimum absolute atomic E-state index is 0.216. The Kier molecular flexibility index (Phi) is 8.60. The van der Waals surface area contributed by atoms with Crippen molar-refractivity contribution in [1.29, 1.82) is 0 Å². The third-order valence-electron chi connectivity index (χ3n) is 8.58. The SMILES string of the molecule is CCC(NC(=O)Nc1cc(Cl)c2cc[nH]c2c1)c1cc[n+](-c2cc(C)cc3c2OCCC3NC(=O)Nc2cc(Cl)c3cc[nH]c3c2)cc1. The summed E-state index contributed by atoms with van der Waals surface area (Å²) in [4.78, 5) is 32.3. The Morgan fingerprint density at radius 2 is 1.52 bits per heavy atom. The molecule has 0 aliphatic carbocycles. The number of fused-ring (bicyclic) bond motifs is 3. The number of halogens is 2. The molecule has 0 spiro atoms. The summed E-state index contributed by atoms with van der Waals surface area (Å²) in [6.07, 6.45) is 8.86. The molecule has 0 bridgehead atoms. The van der Waals surface area contributed by atoms with Gasteiger partial charge in [-0.25, -0.2) is 9.59 Å². The van der Waals surface area contributed by atoms with Crippen molar-refractivity contribution in [3.05, 3.63) is 112 Å². The molecule has 7 rings (SSSR count). The molecule has 3 aromatic carbocycles. The van der Waals surface area contributed by atoms with Crippen molar-refractivity contribution >= 4 is 68.4 Å². The summed E-state index contributed by atoms with van der Waals surface area (Å²) in [6, 6.07) is 17.9. The molecule has 12 heteroatoms. The number of nitrogens with one attached hydrogen (secondary N) is 6. The molecule has 0 saturated carbocycles. The van der Waals surface area contributed by atoms with Gasteiger partial charge in [0.05, 0.1) is 28.7 Å². The van der Waals surface area contributed by atoms with E-state index in [1.54, 1.807) is 12.1 Å². The van der Waals surface area contributed by atoms with Crippen LogP contribution in [-0.2, 0) is 0 Å². The average Bonchev–Trinajstić information content (AvgIpc) is 3.74. The van der Waals surface area contributed by atoms with Gasteiger partial charge in [0, 0.05) is 75.8 Å². The second kappa shape index (κ2) is 13.1. The molecule has 2 atom stereocenters. The molecule has 6 N–H and O–H groups in total. The van der Waals surface area contributed by atoms with Crippen LogP contribution in [0.1, 0.15) is 48.5 Å². The topological polar surface area (TPSA) is 127 Å². The maximum Gasteiger partial charge on any atom is 0.319 e. The summed E-state index contributed by atoms with van der Waals surface area (Å²) in [7, 11) is 0. The lowest BCUT2D eigenvalue weighted by Gasteiger charge is -2.27. The number of ether oxygens (including phenoxy) is 1. The fraction of sp³-hybridized carbons (Fsp3) is 0.194. The summed E-state index contributed by atoms with van der Waals surface area (Å²) < 4.78 is 8.19. The number of H-pyrrole nitrogens is 2. The van der Waals surface area contributed by atoms with E-state index in [-0.39, 0.29) is 24.1 Å². The number of hydrogen-bond donors (Lipinski definition) is 6. The highest BCUT2D eigenvalue weighted by atomic mass is 35.5. The first kappa shape index (κ1) is 31.4. The zero-order valence-electron chi connectivity index (χ0n) is 26.3. The van der Waals surface area contributed by atoms with Gasteiger partial charge in [0.15, 0.2) is 18.1 Å². The van der Waals surface area contributed by atoms with Crippen LogP contribution >= 0.6 is 23.2 Å². The molecular weight excluding hydrogens is 649 g/mol. The first-order valence-corrected chi connectivity index (χ1v) is 16.5. The Morgan fingerprint density at radius 1 is 0.896 bits per heavy atom. The molecule has 4 heterocycles. The van der Waals surface area contributed by atoms with Gasteiger partial charge in [0.2, 0.25) is 0 Å². The van der Waals surface area contributed by atoms with Gasteiger partial charge in [-0.1, -0.05) is 30.1 Å². The standard InChI is InChI=1S/C36H33Cl2N7O3/c1-3-29(43-35(46)41-22-16-27(37)24-4-9-39-31(24)18-22)21-6-11-45(12-7-21)33-15-20(2)14-26-30(8-13-48-34(26)33)44-36(47)42-23-17-28(38)25-5-10-40-32(25)19-23/h4-7,9-12,14-19,29-30,39-40H,3,8,13H2,1-2H3,(H3-,41,42,43,44,46,47)/p+1. The fourth-order valence-corrected chi connectivity index (χ4v) is 6.83. The van der Waals surface area contributed by atoms with E-state index in [4.69, 9.17) is 27.9 Å². The zero-order chi connectivity index (χ0) is 33.4. The van der Waals surface area contributed by atoms with E-state index in [0.717, 1.165) is 44.2 Å². The van der Waals surface area contributed by atoms with Crippen LogP contribution in [0.3, 0.4) is 0 Å². The number of aromatic nitrogens is 3. The normalized spacial score (nSPS) is 14.6. The highest BCUT2D eigenvalue weighted by molar-refractivity contribution is 6.36. The molecule has 1 aliphatic rings. The van der Waals surface area contributed by atoms with Crippen molar-refractivity contribution in [2.24, 2.45) is 0 Å². The summed E-state index contributed by atoms with van der Waals surface area (Å²) >= 11 is 12.8. The van der Waals surface area contributed by atoms with Gasteiger partial charge in [0.1, 0.15) is 0 Å². The number of carbonyl (C=O) groups excluding carboxylic acids is 2. The van der Waals surface area contributed by atoms with Gasteiger partial charge in [-0.3, -0.25) is 0 Å². The number of nitrogens with zero attached hydrogens (tertiary/aromatic N) is 1. The third-order valence-corrected chi connectivity index (χ3v) is 9.20. The lowest BCUT2D eigenvalue weighted by Crippen LogP contribution is -2.37. The van der Waals surface area contributed by atoms with Gasteiger partial charge in [0.25, 0.3) is 5.69 Å². The molecule has 2 unspecified atom stereocenters. The first-order valence-electron chi connectivity index (χ1n) is 15.7. The molecule has 0 fully saturated rings. The van der Waals surface area contributed by atoms with Gasteiger partial charge in [-0.2, -0.15) is 4.57 Å². The molecule has 1 aliphatic heterocycles. The molecule has 3 aromatic heterocycles. The van der Waals surface area contributed by atoms with E-state index in [2.05, 4.69) is 43.4 Å². The predicted octanol–water partition coefficient (Wildman–Crippen LogP) is 8.46. The Bertz CT molecular complexity index is 2160. The van der Waals surface area contributed by atoms with Crippen LogP contribution in [0.4, 0.5) is 21.0 Å². The minimum atomic E-state index is -0.329. The maximum absolute atomic E-state index is 13.1. The number of amides is 4. The van der Waals surface area contributed by atoms with E-state index >= 15 is 0 Å². The molecule has 10 nitrogen and oxygen atoms in total. The van der Waals surface area contributed by atoms with Crippen molar-refractivity contribution in [3.8, 4) is 11.4 Å². The number of anilines is 2. The van der Waals surface area contributed by atoms with Gasteiger partial charge >= 0.3 is 12.1 Å². The summed E-state index contributed by atoms with van der Waals surface area (Å²) in [6.45, 7) is 4.50. The van der Waals surface area contributed by atoms with Crippen LogP contribution in [0.2, 0.25) is 10.0 Å². The van der Waals surface area contributed by atoms with E-state index in [0.29, 0.717) is 46.6 Å². The fourth-order valence-electron chi connectivity index (χ4n) is 6.26. The lowest BCUT2D eigenvalue weighted by molar-refractivity contribution is -0.596. The molecule has 48 heavy (non-hydrogen) atoms. The quantitative estimate of drug-likeness (QED) is 0.0946. The second-order valence-electron chi connectivity index (χ2n) is 11.9. The molecule has 4 amide bonds. The zero-order valence-corrected chi connectivity index (χ0v) is 27.8. The molecule has 0 saturated heterocycles. The van der Waals surface area contributed by atoms with E-state index in [1.165, 1.54) is 0 Å².